The van der Waals surface area contributed by atoms with Gasteiger partial charge in [-0.15, -0.1) is 5.10 Å². The molecule has 1 atom stereocenters. The van der Waals surface area contributed by atoms with Crippen LogP contribution in [0.25, 0.3) is 0 Å². The number of rotatable bonds is 5. The van der Waals surface area contributed by atoms with Crippen LogP contribution >= 0.6 is 11.3 Å². The highest BCUT2D eigenvalue weighted by Crippen LogP contribution is 2.24. The zero-order chi connectivity index (χ0) is 15.4. The van der Waals surface area contributed by atoms with Crippen LogP contribution < -0.4 is 5.32 Å². The molecule has 0 aliphatic heterocycles. The van der Waals surface area contributed by atoms with E-state index in [1.165, 1.54) is 18.5 Å². The van der Waals surface area contributed by atoms with Gasteiger partial charge in [-0.05, 0) is 57.1 Å². The molecule has 0 aliphatic carbocycles. The number of benzene rings is 1. The van der Waals surface area contributed by atoms with Crippen LogP contribution in [0.4, 0.5) is 5.69 Å². The molecule has 0 bridgehead atoms. The van der Waals surface area contributed by atoms with Crippen molar-refractivity contribution in [3.8, 4) is 5.75 Å². The molecule has 0 aliphatic rings. The van der Waals surface area contributed by atoms with Crippen LogP contribution in [0.3, 0.4) is 0 Å². The number of thiophene rings is 1. The van der Waals surface area contributed by atoms with Crippen molar-refractivity contribution in [3.05, 3.63) is 53.0 Å². The fourth-order valence-corrected chi connectivity index (χ4v) is 2.78. The van der Waals surface area contributed by atoms with Gasteiger partial charge in [0.25, 0.3) is 0 Å². The molecule has 3 rings (SSSR count). The fraction of sp³-hybridized carbons (Fsp3) is 0.143. The Balaban J connectivity index is 1.73. The summed E-state index contributed by atoms with van der Waals surface area (Å²) in [5, 5.41) is 27.1. The van der Waals surface area contributed by atoms with Crippen LogP contribution in [0.15, 0.2) is 47.4 Å². The first-order chi connectivity index (χ1) is 10.7. The predicted octanol–water partition coefficient (Wildman–Crippen LogP) is 2.06. The first-order valence-corrected chi connectivity index (χ1v) is 7.50. The maximum Gasteiger partial charge on any atom is 0.226 e. The second-order valence-corrected chi connectivity index (χ2v) is 5.44. The molecular formula is C14H13N5O2S. The molecule has 8 heteroatoms. The number of tetrazole rings is 1. The number of aromatic nitrogens is 4. The van der Waals surface area contributed by atoms with Gasteiger partial charge in [0.15, 0.2) is 0 Å². The van der Waals surface area contributed by atoms with Gasteiger partial charge in [-0.25, -0.2) is 4.68 Å². The molecule has 0 fully saturated rings. The Labute approximate surface area is 130 Å². The molecule has 2 aromatic heterocycles. The van der Waals surface area contributed by atoms with E-state index in [1.54, 1.807) is 28.2 Å². The van der Waals surface area contributed by atoms with Gasteiger partial charge in [-0.1, -0.05) is 0 Å². The zero-order valence-corrected chi connectivity index (χ0v) is 12.3. The summed E-state index contributed by atoms with van der Waals surface area (Å²) in [6.45, 7) is 0. The smallest absolute Gasteiger partial charge is 0.226 e. The van der Waals surface area contributed by atoms with Crippen LogP contribution in [0.2, 0.25) is 0 Å². The minimum absolute atomic E-state index is 0.155. The van der Waals surface area contributed by atoms with Crippen LogP contribution in [-0.2, 0) is 4.79 Å². The number of carbonyl (C=O) groups excluding carboxylic acids is 1. The number of amides is 1. The van der Waals surface area contributed by atoms with Crippen molar-refractivity contribution >= 4 is 22.9 Å². The topological polar surface area (TPSA) is 92.9 Å². The predicted molar refractivity (Wildman–Crippen MR) is 81.6 cm³/mol. The molecule has 0 radical (unpaired) electrons. The number of phenolic OH excluding ortho intramolecular Hbond substituents is 1. The van der Waals surface area contributed by atoms with Crippen molar-refractivity contribution in [3.63, 3.8) is 0 Å². The molecule has 1 amide bonds. The van der Waals surface area contributed by atoms with E-state index in [-0.39, 0.29) is 24.1 Å². The number of hydrogen-bond donors (Lipinski definition) is 2. The Morgan fingerprint density at radius 1 is 1.32 bits per heavy atom. The van der Waals surface area contributed by atoms with E-state index in [0.717, 1.165) is 5.56 Å². The van der Waals surface area contributed by atoms with Gasteiger partial charge in [0.2, 0.25) is 5.91 Å². The van der Waals surface area contributed by atoms with Crippen molar-refractivity contribution < 1.29 is 9.90 Å². The van der Waals surface area contributed by atoms with Crippen molar-refractivity contribution in [2.75, 3.05) is 5.32 Å². The van der Waals surface area contributed by atoms with Crippen molar-refractivity contribution in [2.24, 2.45) is 0 Å². The van der Waals surface area contributed by atoms with Crippen LogP contribution in [0, 0.1) is 0 Å². The number of nitrogens with zero attached hydrogens (tertiary/aromatic N) is 4. The lowest BCUT2D eigenvalue weighted by Gasteiger charge is -2.15. The minimum atomic E-state index is -0.252. The highest BCUT2D eigenvalue weighted by atomic mass is 32.1. The molecule has 112 valence electrons. The van der Waals surface area contributed by atoms with Crippen molar-refractivity contribution in [2.45, 2.75) is 12.5 Å². The molecule has 2 N–H and O–H groups in total. The van der Waals surface area contributed by atoms with Gasteiger partial charge in [0.1, 0.15) is 12.1 Å². The second kappa shape index (κ2) is 6.35. The number of carbonyl (C=O) groups is 1. The third kappa shape index (κ3) is 3.29. The Bertz CT molecular complexity index is 691. The van der Waals surface area contributed by atoms with Gasteiger partial charge < -0.3 is 10.4 Å². The molecule has 0 spiro atoms. The normalized spacial score (nSPS) is 12.0. The number of phenols is 1. The van der Waals surface area contributed by atoms with Crippen molar-refractivity contribution in [1.82, 2.24) is 20.2 Å². The maximum atomic E-state index is 12.2. The molecular weight excluding hydrogens is 302 g/mol. The maximum absolute atomic E-state index is 12.2. The van der Waals surface area contributed by atoms with Crippen molar-refractivity contribution in [1.29, 1.82) is 0 Å². The summed E-state index contributed by atoms with van der Waals surface area (Å²) in [4.78, 5) is 12.2. The average Bonchev–Trinajstić information content (AvgIpc) is 3.21. The first kappa shape index (κ1) is 14.2. The quantitative estimate of drug-likeness (QED) is 0.703. The summed E-state index contributed by atoms with van der Waals surface area (Å²) >= 11 is 1.56. The summed E-state index contributed by atoms with van der Waals surface area (Å²) in [7, 11) is 0. The lowest BCUT2D eigenvalue weighted by molar-refractivity contribution is -0.116. The molecule has 1 aromatic carbocycles. The summed E-state index contributed by atoms with van der Waals surface area (Å²) in [5.41, 5.74) is 1.61. The minimum Gasteiger partial charge on any atom is -0.508 e. The summed E-state index contributed by atoms with van der Waals surface area (Å²) < 4.78 is 1.57. The van der Waals surface area contributed by atoms with E-state index < -0.39 is 0 Å². The van der Waals surface area contributed by atoms with E-state index in [9.17, 15) is 9.90 Å². The molecule has 22 heavy (non-hydrogen) atoms. The second-order valence-electron chi connectivity index (χ2n) is 4.66. The first-order valence-electron chi connectivity index (χ1n) is 6.56. The standard InChI is InChI=1S/C14H13N5O2S/c20-12-3-1-11(2-4-12)16-14(21)7-13(10-5-6-22-8-10)19-9-15-17-18-19/h1-6,8-9,13,20H,7H2,(H,16,21)/t13-/m0/s1. The zero-order valence-electron chi connectivity index (χ0n) is 11.5. The van der Waals surface area contributed by atoms with E-state index in [2.05, 4.69) is 20.8 Å². The van der Waals surface area contributed by atoms with E-state index in [4.69, 9.17) is 0 Å². The number of anilines is 1. The largest absolute Gasteiger partial charge is 0.508 e. The molecule has 2 heterocycles. The average molecular weight is 315 g/mol. The van der Waals surface area contributed by atoms with Gasteiger partial charge in [-0.3, -0.25) is 4.79 Å². The highest BCUT2D eigenvalue weighted by Gasteiger charge is 2.19. The molecule has 7 nitrogen and oxygen atoms in total. The molecule has 0 unspecified atom stereocenters. The number of nitrogens with one attached hydrogen (secondary N) is 1. The van der Waals surface area contributed by atoms with Gasteiger partial charge in [-0.2, -0.15) is 11.3 Å². The van der Waals surface area contributed by atoms with Gasteiger partial charge in [0.05, 0.1) is 12.5 Å². The number of aromatic hydroxyl groups is 1. The molecule has 3 aromatic rings. The molecule has 0 saturated carbocycles. The van der Waals surface area contributed by atoms with Gasteiger partial charge >= 0.3 is 0 Å². The van der Waals surface area contributed by atoms with E-state index >= 15 is 0 Å². The van der Waals surface area contributed by atoms with Gasteiger partial charge in [0, 0.05) is 5.69 Å². The Kier molecular flexibility index (Phi) is 4.10. The Morgan fingerprint density at radius 3 is 2.77 bits per heavy atom. The summed E-state index contributed by atoms with van der Waals surface area (Å²) in [6.07, 6.45) is 1.71. The Morgan fingerprint density at radius 2 is 2.14 bits per heavy atom. The van der Waals surface area contributed by atoms with Crippen LogP contribution in [0.5, 0.6) is 5.75 Å². The SMILES string of the molecule is O=C(C[C@@H](c1ccsc1)n1cnnn1)Nc1ccc(O)cc1. The monoisotopic (exact) mass is 315 g/mol. The fourth-order valence-electron chi connectivity index (χ4n) is 2.07. The van der Waals surface area contributed by atoms with E-state index in [0.29, 0.717) is 5.69 Å². The lowest BCUT2D eigenvalue weighted by Crippen LogP contribution is -2.20. The van der Waals surface area contributed by atoms with Crippen LogP contribution in [0.1, 0.15) is 18.0 Å². The Hall–Kier alpha value is -2.74. The third-order valence-electron chi connectivity index (χ3n) is 3.14. The van der Waals surface area contributed by atoms with E-state index in [1.807, 2.05) is 16.8 Å². The molecule has 0 saturated heterocycles. The number of hydrogen-bond acceptors (Lipinski definition) is 6. The van der Waals surface area contributed by atoms with Crippen LogP contribution in [-0.4, -0.2) is 31.2 Å². The summed E-state index contributed by atoms with van der Waals surface area (Å²) in [5.74, 6) is 0.000211. The lowest BCUT2D eigenvalue weighted by atomic mass is 10.1. The highest BCUT2D eigenvalue weighted by molar-refractivity contribution is 7.08. The third-order valence-corrected chi connectivity index (χ3v) is 3.84. The summed E-state index contributed by atoms with van der Waals surface area (Å²) in [6, 6.07) is 8.03.